The van der Waals surface area contributed by atoms with E-state index in [-0.39, 0.29) is 0 Å². The predicted molar refractivity (Wildman–Crippen MR) is 57.4 cm³/mol. The summed E-state index contributed by atoms with van der Waals surface area (Å²) in [6.07, 6.45) is 13.7. The van der Waals surface area contributed by atoms with E-state index in [9.17, 15) is 0 Å². The van der Waals surface area contributed by atoms with Gasteiger partial charge in [0.05, 0.1) is 6.61 Å². The van der Waals surface area contributed by atoms with Crippen molar-refractivity contribution < 1.29 is 4.74 Å². The molecule has 0 aromatic carbocycles. The third kappa shape index (κ3) is 7.11. The first-order valence-electron chi connectivity index (χ1n) is 4.30. The van der Waals surface area contributed by atoms with E-state index in [1.54, 1.807) is 0 Å². The summed E-state index contributed by atoms with van der Waals surface area (Å²) in [6.45, 7) is 6.73. The summed E-state index contributed by atoms with van der Waals surface area (Å²) in [4.78, 5) is 0. The monoisotopic (exact) mass is 176 g/mol. The molecule has 0 rings (SSSR count). The van der Waals surface area contributed by atoms with Crippen molar-refractivity contribution >= 4 is 0 Å². The van der Waals surface area contributed by atoms with E-state index in [1.807, 2.05) is 31.2 Å². The molecule has 0 aliphatic rings. The van der Waals surface area contributed by atoms with Crippen LogP contribution >= 0.6 is 0 Å². The first kappa shape index (κ1) is 11.7. The summed E-state index contributed by atoms with van der Waals surface area (Å²) < 4.78 is 5.15. The maximum atomic E-state index is 5.15. The van der Waals surface area contributed by atoms with Gasteiger partial charge < -0.3 is 4.74 Å². The van der Waals surface area contributed by atoms with Gasteiger partial charge in [0.15, 0.2) is 0 Å². The molecule has 0 aromatic heterocycles. The molecule has 13 heavy (non-hydrogen) atoms. The molecule has 0 radical (unpaired) electrons. The molecule has 0 heterocycles. The molecule has 0 aliphatic carbocycles. The number of ether oxygens (including phenoxy) is 1. The Balaban J connectivity index is 3.73. The van der Waals surface area contributed by atoms with Gasteiger partial charge >= 0.3 is 0 Å². The highest BCUT2D eigenvalue weighted by Gasteiger charge is 1.90. The van der Waals surface area contributed by atoms with Crippen molar-refractivity contribution in [2.45, 2.75) is 13.3 Å². The molecular formula is C12H16O. The minimum absolute atomic E-state index is 0.383. The summed E-state index contributed by atoms with van der Waals surface area (Å²) in [5.74, 6) is 2.42. The van der Waals surface area contributed by atoms with Crippen LogP contribution in [0.5, 0.6) is 0 Å². The van der Waals surface area contributed by atoms with Crippen LogP contribution in [0.25, 0.3) is 0 Å². The van der Waals surface area contributed by atoms with Crippen LogP contribution in [0, 0.1) is 12.3 Å². The SMILES string of the molecule is C#CCOCC/C(C=C)=C/C=C\C. The summed E-state index contributed by atoms with van der Waals surface area (Å²) in [7, 11) is 0. The smallest absolute Gasteiger partial charge is 0.107 e. The first-order valence-corrected chi connectivity index (χ1v) is 4.30. The Morgan fingerprint density at radius 3 is 2.92 bits per heavy atom. The van der Waals surface area contributed by atoms with Crippen LogP contribution in [-0.4, -0.2) is 13.2 Å². The number of allylic oxidation sites excluding steroid dienone is 4. The Labute approximate surface area is 80.8 Å². The normalized spacial score (nSPS) is 11.5. The lowest BCUT2D eigenvalue weighted by molar-refractivity contribution is 0.171. The lowest BCUT2D eigenvalue weighted by Gasteiger charge is -2.00. The second-order valence-electron chi connectivity index (χ2n) is 2.48. The van der Waals surface area contributed by atoms with Crippen LogP contribution in [0.1, 0.15) is 13.3 Å². The van der Waals surface area contributed by atoms with Gasteiger partial charge in [-0.25, -0.2) is 0 Å². The molecule has 0 bridgehead atoms. The fraction of sp³-hybridized carbons (Fsp3) is 0.333. The Morgan fingerprint density at radius 2 is 2.38 bits per heavy atom. The van der Waals surface area contributed by atoms with Gasteiger partial charge in [0.1, 0.15) is 6.61 Å². The lowest BCUT2D eigenvalue weighted by atomic mass is 10.2. The van der Waals surface area contributed by atoms with Gasteiger partial charge in [-0.2, -0.15) is 0 Å². The number of terminal acetylenes is 1. The molecule has 0 atom stereocenters. The Hall–Kier alpha value is -1.26. The molecule has 0 spiro atoms. The fourth-order valence-corrected chi connectivity index (χ4v) is 0.794. The van der Waals surface area contributed by atoms with Crippen molar-refractivity contribution in [1.82, 2.24) is 0 Å². The molecule has 0 aliphatic heterocycles. The second kappa shape index (κ2) is 8.83. The van der Waals surface area contributed by atoms with Crippen molar-refractivity contribution in [3.63, 3.8) is 0 Å². The summed E-state index contributed by atoms with van der Waals surface area (Å²) in [5.41, 5.74) is 1.16. The Morgan fingerprint density at radius 1 is 1.62 bits per heavy atom. The maximum absolute atomic E-state index is 5.15. The summed E-state index contributed by atoms with van der Waals surface area (Å²) >= 11 is 0. The van der Waals surface area contributed by atoms with Crippen LogP contribution in [0.15, 0.2) is 36.5 Å². The molecule has 0 aromatic rings. The lowest BCUT2D eigenvalue weighted by Crippen LogP contribution is -1.95. The van der Waals surface area contributed by atoms with E-state index in [0.717, 1.165) is 12.0 Å². The highest BCUT2D eigenvalue weighted by atomic mass is 16.5. The first-order chi connectivity index (χ1) is 6.35. The third-order valence-corrected chi connectivity index (χ3v) is 1.49. The molecule has 0 fully saturated rings. The molecular weight excluding hydrogens is 160 g/mol. The summed E-state index contributed by atoms with van der Waals surface area (Å²) in [6, 6.07) is 0. The van der Waals surface area contributed by atoms with Crippen LogP contribution in [0.4, 0.5) is 0 Å². The zero-order valence-corrected chi connectivity index (χ0v) is 8.12. The highest BCUT2D eigenvalue weighted by molar-refractivity contribution is 5.21. The minimum Gasteiger partial charge on any atom is -0.368 e. The van der Waals surface area contributed by atoms with Gasteiger partial charge in [-0.05, 0) is 18.9 Å². The third-order valence-electron chi connectivity index (χ3n) is 1.49. The average Bonchev–Trinajstić information content (AvgIpc) is 2.17. The highest BCUT2D eigenvalue weighted by Crippen LogP contribution is 2.02. The predicted octanol–water partition coefficient (Wildman–Crippen LogP) is 2.71. The average molecular weight is 176 g/mol. The van der Waals surface area contributed by atoms with E-state index >= 15 is 0 Å². The number of hydrogen-bond acceptors (Lipinski definition) is 1. The standard InChI is InChI=1S/C12H16O/c1-4-7-8-12(6-3)9-11-13-10-5-2/h2,4,6-8H,3,9-11H2,1H3/b7-4-,12-8+. The van der Waals surface area contributed by atoms with E-state index in [0.29, 0.717) is 13.2 Å². The van der Waals surface area contributed by atoms with E-state index < -0.39 is 0 Å². The molecule has 1 heteroatoms. The molecule has 0 saturated carbocycles. The van der Waals surface area contributed by atoms with Gasteiger partial charge in [0, 0.05) is 0 Å². The molecule has 1 nitrogen and oxygen atoms in total. The van der Waals surface area contributed by atoms with Gasteiger partial charge in [-0.3, -0.25) is 0 Å². The minimum atomic E-state index is 0.383. The van der Waals surface area contributed by atoms with Crippen molar-refractivity contribution in [3.8, 4) is 12.3 Å². The Bertz CT molecular complexity index is 228. The largest absolute Gasteiger partial charge is 0.368 e. The summed E-state index contributed by atoms with van der Waals surface area (Å²) in [5, 5.41) is 0. The van der Waals surface area contributed by atoms with E-state index in [4.69, 9.17) is 11.2 Å². The van der Waals surface area contributed by atoms with E-state index in [1.165, 1.54) is 0 Å². The van der Waals surface area contributed by atoms with Gasteiger partial charge in [-0.1, -0.05) is 36.8 Å². The van der Waals surface area contributed by atoms with Crippen LogP contribution in [-0.2, 0) is 4.74 Å². The number of hydrogen-bond donors (Lipinski definition) is 0. The molecule has 0 unspecified atom stereocenters. The molecule has 0 N–H and O–H groups in total. The van der Waals surface area contributed by atoms with Crippen molar-refractivity contribution in [1.29, 1.82) is 0 Å². The Kier molecular flexibility index (Phi) is 7.98. The van der Waals surface area contributed by atoms with Gasteiger partial charge in [0.25, 0.3) is 0 Å². The van der Waals surface area contributed by atoms with Crippen LogP contribution in [0.3, 0.4) is 0 Å². The quantitative estimate of drug-likeness (QED) is 0.343. The topological polar surface area (TPSA) is 9.23 Å². The van der Waals surface area contributed by atoms with Crippen molar-refractivity contribution in [3.05, 3.63) is 36.5 Å². The van der Waals surface area contributed by atoms with Crippen LogP contribution in [0.2, 0.25) is 0 Å². The molecule has 0 saturated heterocycles. The van der Waals surface area contributed by atoms with Gasteiger partial charge in [-0.15, -0.1) is 6.42 Å². The number of rotatable bonds is 6. The van der Waals surface area contributed by atoms with Gasteiger partial charge in [0.2, 0.25) is 0 Å². The van der Waals surface area contributed by atoms with Crippen molar-refractivity contribution in [2.75, 3.05) is 13.2 Å². The second-order valence-corrected chi connectivity index (χ2v) is 2.48. The zero-order chi connectivity index (χ0) is 9.94. The fourth-order valence-electron chi connectivity index (χ4n) is 0.794. The van der Waals surface area contributed by atoms with Crippen LogP contribution < -0.4 is 0 Å². The zero-order valence-electron chi connectivity index (χ0n) is 8.12. The molecule has 0 amide bonds. The van der Waals surface area contributed by atoms with Crippen molar-refractivity contribution in [2.24, 2.45) is 0 Å². The van der Waals surface area contributed by atoms with E-state index in [2.05, 4.69) is 12.5 Å². The maximum Gasteiger partial charge on any atom is 0.107 e. The molecule has 70 valence electrons.